The summed E-state index contributed by atoms with van der Waals surface area (Å²) >= 11 is 0. The summed E-state index contributed by atoms with van der Waals surface area (Å²) in [5.41, 5.74) is 1.19. The zero-order chi connectivity index (χ0) is 20.9. The molecule has 0 amide bonds. The van der Waals surface area contributed by atoms with Crippen LogP contribution in [-0.2, 0) is 11.3 Å². The average Bonchev–Trinajstić information content (AvgIpc) is 3.22. The molecular formula is C21H29F2N5O2. The Bertz CT molecular complexity index is 818. The standard InChI is InChI=1S/C21H29F2N5O2/c1-29-8-9-30-17-6-2-4-15(10-17)12-27-7-3-5-16(13-27)18-11-19(20(22)23)28-21(26-18)24-14-25-28/h2,4,6,10,14,16,18-20H,3,5,7-9,11-13H2,1H3,(H,24,25,26)/t16?,18-,19+/m0/s1. The van der Waals surface area contributed by atoms with Gasteiger partial charge in [-0.05, 0) is 49.4 Å². The minimum absolute atomic E-state index is 0.0211. The molecule has 0 bridgehead atoms. The molecule has 3 atom stereocenters. The third kappa shape index (κ3) is 4.89. The molecule has 9 heteroatoms. The molecular weight excluding hydrogens is 392 g/mol. The molecule has 1 unspecified atom stereocenters. The van der Waals surface area contributed by atoms with E-state index in [-0.39, 0.29) is 6.04 Å². The topological polar surface area (TPSA) is 64.4 Å². The van der Waals surface area contributed by atoms with Crippen LogP contribution in [0, 0.1) is 5.92 Å². The molecule has 2 aromatic rings. The van der Waals surface area contributed by atoms with Gasteiger partial charge in [0.05, 0.1) is 6.61 Å². The van der Waals surface area contributed by atoms with Gasteiger partial charge in [0.15, 0.2) is 0 Å². The van der Waals surface area contributed by atoms with Crippen molar-refractivity contribution in [2.24, 2.45) is 5.92 Å². The smallest absolute Gasteiger partial charge is 0.260 e. The molecule has 0 radical (unpaired) electrons. The first-order valence-corrected chi connectivity index (χ1v) is 10.5. The van der Waals surface area contributed by atoms with Crippen LogP contribution in [0.1, 0.15) is 30.9 Å². The summed E-state index contributed by atoms with van der Waals surface area (Å²) in [5.74, 6) is 1.59. The Kier molecular flexibility index (Phi) is 6.79. The van der Waals surface area contributed by atoms with Crippen molar-refractivity contribution in [1.29, 1.82) is 0 Å². The number of fused-ring (bicyclic) bond motifs is 1. The average molecular weight is 421 g/mol. The number of ether oxygens (including phenoxy) is 2. The highest BCUT2D eigenvalue weighted by Crippen LogP contribution is 2.35. The fraction of sp³-hybridized carbons (Fsp3) is 0.619. The summed E-state index contributed by atoms with van der Waals surface area (Å²) in [7, 11) is 1.65. The maximum Gasteiger partial charge on any atom is 0.260 e. The van der Waals surface area contributed by atoms with E-state index in [0.29, 0.717) is 31.5 Å². The maximum absolute atomic E-state index is 13.6. The van der Waals surface area contributed by atoms with Crippen LogP contribution in [0.15, 0.2) is 30.6 Å². The number of hydrogen-bond donors (Lipinski definition) is 1. The number of piperidine rings is 1. The van der Waals surface area contributed by atoms with E-state index in [1.165, 1.54) is 16.6 Å². The lowest BCUT2D eigenvalue weighted by Crippen LogP contribution is -2.46. The summed E-state index contributed by atoms with van der Waals surface area (Å²) in [6.45, 7) is 3.77. The van der Waals surface area contributed by atoms with Gasteiger partial charge in [-0.1, -0.05) is 12.1 Å². The minimum Gasteiger partial charge on any atom is -0.491 e. The molecule has 1 fully saturated rings. The zero-order valence-corrected chi connectivity index (χ0v) is 17.2. The second kappa shape index (κ2) is 9.70. The van der Waals surface area contributed by atoms with Gasteiger partial charge in [-0.2, -0.15) is 10.1 Å². The van der Waals surface area contributed by atoms with Crippen LogP contribution in [0.5, 0.6) is 5.75 Å². The number of anilines is 1. The van der Waals surface area contributed by atoms with E-state index in [9.17, 15) is 8.78 Å². The first-order chi connectivity index (χ1) is 14.6. The molecule has 0 spiro atoms. The third-order valence-electron chi connectivity index (χ3n) is 5.96. The number of halogens is 2. The first-order valence-electron chi connectivity index (χ1n) is 10.5. The van der Waals surface area contributed by atoms with Crippen molar-refractivity contribution in [3.05, 3.63) is 36.2 Å². The highest BCUT2D eigenvalue weighted by atomic mass is 19.3. The summed E-state index contributed by atoms with van der Waals surface area (Å²) in [6.07, 6.45) is 1.34. The number of likely N-dealkylation sites (tertiary alicyclic amines) is 1. The molecule has 164 valence electrons. The van der Waals surface area contributed by atoms with Crippen LogP contribution < -0.4 is 10.1 Å². The number of hydrogen-bond acceptors (Lipinski definition) is 6. The van der Waals surface area contributed by atoms with E-state index in [1.54, 1.807) is 7.11 Å². The zero-order valence-electron chi connectivity index (χ0n) is 17.2. The fourth-order valence-corrected chi connectivity index (χ4v) is 4.50. The molecule has 0 saturated carbocycles. The number of aromatic nitrogens is 3. The molecule has 7 nitrogen and oxygen atoms in total. The van der Waals surface area contributed by atoms with E-state index in [2.05, 4.69) is 32.4 Å². The third-order valence-corrected chi connectivity index (χ3v) is 5.96. The summed E-state index contributed by atoms with van der Waals surface area (Å²) in [6, 6.07) is 7.18. The van der Waals surface area contributed by atoms with Gasteiger partial charge in [0.2, 0.25) is 5.95 Å². The largest absolute Gasteiger partial charge is 0.491 e. The van der Waals surface area contributed by atoms with Gasteiger partial charge in [0.1, 0.15) is 24.7 Å². The van der Waals surface area contributed by atoms with Gasteiger partial charge in [0.25, 0.3) is 6.43 Å². The van der Waals surface area contributed by atoms with Gasteiger partial charge < -0.3 is 14.8 Å². The first kappa shape index (κ1) is 21.0. The number of rotatable bonds is 8. The Morgan fingerprint density at radius 2 is 2.20 bits per heavy atom. The lowest BCUT2D eigenvalue weighted by molar-refractivity contribution is 0.0550. The molecule has 1 saturated heterocycles. The van der Waals surface area contributed by atoms with Gasteiger partial charge in [-0.3, -0.25) is 4.90 Å². The highest BCUT2D eigenvalue weighted by molar-refractivity contribution is 5.30. The van der Waals surface area contributed by atoms with Crippen LogP contribution in [0.4, 0.5) is 14.7 Å². The number of methoxy groups -OCH3 is 1. The van der Waals surface area contributed by atoms with Crippen LogP contribution >= 0.6 is 0 Å². The molecule has 30 heavy (non-hydrogen) atoms. The van der Waals surface area contributed by atoms with Crippen molar-refractivity contribution in [3.63, 3.8) is 0 Å². The lowest BCUT2D eigenvalue weighted by atomic mass is 9.86. The summed E-state index contributed by atoms with van der Waals surface area (Å²) in [5, 5.41) is 7.33. The SMILES string of the molecule is COCCOc1cccc(CN2CCCC([C@@H]3C[C@H](C(F)F)n4ncnc4N3)C2)c1. The van der Waals surface area contributed by atoms with E-state index in [0.717, 1.165) is 38.2 Å². The normalized spacial score (nSPS) is 24.5. The lowest BCUT2D eigenvalue weighted by Gasteiger charge is -2.40. The second-order valence-corrected chi connectivity index (χ2v) is 8.04. The second-order valence-electron chi connectivity index (χ2n) is 8.04. The highest BCUT2D eigenvalue weighted by Gasteiger charge is 2.38. The van der Waals surface area contributed by atoms with E-state index in [1.807, 2.05) is 12.1 Å². The molecule has 0 aliphatic carbocycles. The van der Waals surface area contributed by atoms with Crippen molar-refractivity contribution in [2.75, 3.05) is 38.7 Å². The molecule has 2 aliphatic heterocycles. The van der Waals surface area contributed by atoms with E-state index in [4.69, 9.17) is 9.47 Å². The molecule has 1 aromatic carbocycles. The van der Waals surface area contributed by atoms with Gasteiger partial charge in [0, 0.05) is 26.2 Å². The summed E-state index contributed by atoms with van der Waals surface area (Å²) in [4.78, 5) is 6.54. The van der Waals surface area contributed by atoms with Crippen LogP contribution in [0.3, 0.4) is 0 Å². The number of alkyl halides is 2. The predicted octanol–water partition coefficient (Wildman–Crippen LogP) is 3.21. The summed E-state index contributed by atoms with van der Waals surface area (Å²) < 4.78 is 39.2. The number of nitrogens with zero attached hydrogens (tertiary/aromatic N) is 4. The Morgan fingerprint density at radius 1 is 1.30 bits per heavy atom. The Morgan fingerprint density at radius 3 is 3.03 bits per heavy atom. The predicted molar refractivity (Wildman–Crippen MR) is 109 cm³/mol. The van der Waals surface area contributed by atoms with Crippen molar-refractivity contribution in [3.8, 4) is 5.75 Å². The maximum atomic E-state index is 13.6. The monoisotopic (exact) mass is 421 g/mol. The Balaban J connectivity index is 1.38. The van der Waals surface area contributed by atoms with Gasteiger partial charge in [-0.25, -0.2) is 13.5 Å². The van der Waals surface area contributed by atoms with Crippen LogP contribution in [-0.4, -0.2) is 65.5 Å². The molecule has 1 N–H and O–H groups in total. The molecule has 2 aliphatic rings. The minimum atomic E-state index is -2.45. The van der Waals surface area contributed by atoms with Crippen molar-refractivity contribution in [2.45, 2.75) is 44.3 Å². The van der Waals surface area contributed by atoms with Gasteiger partial charge in [-0.15, -0.1) is 0 Å². The van der Waals surface area contributed by atoms with Crippen LogP contribution in [0.25, 0.3) is 0 Å². The number of nitrogens with one attached hydrogen (secondary N) is 1. The van der Waals surface area contributed by atoms with Crippen molar-refractivity contribution >= 4 is 5.95 Å². The van der Waals surface area contributed by atoms with Gasteiger partial charge >= 0.3 is 0 Å². The Hall–Kier alpha value is -2.26. The molecule has 1 aromatic heterocycles. The van der Waals surface area contributed by atoms with Crippen molar-refractivity contribution in [1.82, 2.24) is 19.7 Å². The fourth-order valence-electron chi connectivity index (χ4n) is 4.50. The Labute approximate surface area is 175 Å². The van der Waals surface area contributed by atoms with Crippen molar-refractivity contribution < 1.29 is 18.3 Å². The van der Waals surface area contributed by atoms with E-state index >= 15 is 0 Å². The molecule has 4 rings (SSSR count). The van der Waals surface area contributed by atoms with Crippen LogP contribution in [0.2, 0.25) is 0 Å². The molecule has 3 heterocycles. The van der Waals surface area contributed by atoms with E-state index < -0.39 is 12.5 Å². The number of benzene rings is 1. The quantitative estimate of drug-likeness (QED) is 0.661.